The Morgan fingerprint density at radius 2 is 1.79 bits per heavy atom. The van der Waals surface area contributed by atoms with E-state index in [1.54, 1.807) is 6.07 Å². The number of carbonyl (C=O) groups is 2. The van der Waals surface area contributed by atoms with Crippen LogP contribution in [-0.2, 0) is 28.9 Å². The van der Waals surface area contributed by atoms with E-state index in [9.17, 15) is 22.8 Å². The molecule has 2 saturated heterocycles. The van der Waals surface area contributed by atoms with E-state index < -0.39 is 17.7 Å². The van der Waals surface area contributed by atoms with Gasteiger partial charge in [-0.2, -0.15) is 24.9 Å². The normalized spacial score (nSPS) is 19.1. The minimum Gasteiger partial charge on any atom is -0.370 e. The molecule has 2 heterocycles. The number of amides is 2. The van der Waals surface area contributed by atoms with E-state index in [0.29, 0.717) is 12.1 Å². The van der Waals surface area contributed by atoms with Crippen LogP contribution in [0.15, 0.2) is 48.5 Å². The molecule has 0 spiro atoms. The van der Waals surface area contributed by atoms with Crippen molar-refractivity contribution in [3.63, 3.8) is 0 Å². The molecule has 33 heavy (non-hydrogen) atoms. The van der Waals surface area contributed by atoms with E-state index in [-0.39, 0.29) is 31.3 Å². The van der Waals surface area contributed by atoms with Crippen molar-refractivity contribution in [2.24, 2.45) is 5.92 Å². The summed E-state index contributed by atoms with van der Waals surface area (Å²) >= 11 is 1.96. The first-order valence-corrected chi connectivity index (χ1v) is 12.1. The Labute approximate surface area is 195 Å². The topological polar surface area (TPSA) is 52.7 Å². The molecule has 0 saturated carbocycles. The second kappa shape index (κ2) is 10.1. The molecular weight excluding hydrogens is 451 g/mol. The summed E-state index contributed by atoms with van der Waals surface area (Å²) in [5, 5.41) is 2.89. The summed E-state index contributed by atoms with van der Waals surface area (Å²) in [7, 11) is 0. The Hall–Kier alpha value is -2.68. The summed E-state index contributed by atoms with van der Waals surface area (Å²) < 4.78 is 38.8. The van der Waals surface area contributed by atoms with Gasteiger partial charge in [-0.15, -0.1) is 0 Å². The molecule has 0 radical (unpaired) electrons. The summed E-state index contributed by atoms with van der Waals surface area (Å²) in [4.78, 5) is 28.8. The molecule has 2 aliphatic heterocycles. The molecule has 2 amide bonds. The smallest absolute Gasteiger partial charge is 0.370 e. The summed E-state index contributed by atoms with van der Waals surface area (Å²) in [6, 6.07) is 13.1. The maximum absolute atomic E-state index is 12.9. The molecule has 1 atom stereocenters. The van der Waals surface area contributed by atoms with Crippen molar-refractivity contribution in [1.82, 2.24) is 10.2 Å². The molecule has 5 nitrogen and oxygen atoms in total. The molecule has 0 aliphatic carbocycles. The minimum absolute atomic E-state index is 0.0585. The van der Waals surface area contributed by atoms with Crippen LogP contribution in [0.25, 0.3) is 0 Å². The van der Waals surface area contributed by atoms with Crippen LogP contribution < -0.4 is 10.2 Å². The first-order chi connectivity index (χ1) is 15.8. The van der Waals surface area contributed by atoms with Crippen LogP contribution in [0.1, 0.15) is 23.1 Å². The lowest BCUT2D eigenvalue weighted by atomic mass is 10.1. The average molecular weight is 478 g/mol. The van der Waals surface area contributed by atoms with Crippen LogP contribution >= 0.6 is 11.8 Å². The van der Waals surface area contributed by atoms with Crippen LogP contribution in [0.5, 0.6) is 0 Å². The third kappa shape index (κ3) is 6.01. The van der Waals surface area contributed by atoms with Crippen molar-refractivity contribution in [3.8, 4) is 0 Å². The number of benzene rings is 2. The number of hydrogen-bond acceptors (Lipinski definition) is 4. The van der Waals surface area contributed by atoms with Crippen molar-refractivity contribution in [3.05, 3.63) is 65.2 Å². The second-order valence-corrected chi connectivity index (χ2v) is 9.58. The van der Waals surface area contributed by atoms with Crippen LogP contribution in [0.3, 0.4) is 0 Å². The van der Waals surface area contributed by atoms with Gasteiger partial charge in [-0.25, -0.2) is 0 Å². The zero-order valence-corrected chi connectivity index (χ0v) is 18.9. The number of likely N-dealkylation sites (tertiary alicyclic amines) is 1. The highest BCUT2D eigenvalue weighted by Crippen LogP contribution is 2.30. The van der Waals surface area contributed by atoms with Crippen molar-refractivity contribution in [2.75, 3.05) is 36.0 Å². The highest BCUT2D eigenvalue weighted by molar-refractivity contribution is 7.99. The molecule has 1 unspecified atom stereocenters. The zero-order chi connectivity index (χ0) is 23.4. The van der Waals surface area contributed by atoms with Crippen LogP contribution in [0.2, 0.25) is 0 Å². The zero-order valence-electron chi connectivity index (χ0n) is 18.1. The minimum atomic E-state index is -4.43. The van der Waals surface area contributed by atoms with Gasteiger partial charge in [0.25, 0.3) is 0 Å². The van der Waals surface area contributed by atoms with Gasteiger partial charge in [0, 0.05) is 56.3 Å². The van der Waals surface area contributed by atoms with Crippen molar-refractivity contribution < 1.29 is 22.8 Å². The lowest BCUT2D eigenvalue weighted by Crippen LogP contribution is -2.33. The van der Waals surface area contributed by atoms with Gasteiger partial charge in [-0.1, -0.05) is 24.3 Å². The third-order valence-electron chi connectivity index (χ3n) is 5.99. The Morgan fingerprint density at radius 1 is 1.06 bits per heavy atom. The first kappa shape index (κ1) is 23.5. The number of rotatable bonds is 6. The molecule has 176 valence electrons. The SMILES string of the molecule is O=C(NCc1ccc(N2CCSCC2)cc1)C1CC(=O)N(Cc2cccc(C(F)(F)F)c2)C1. The van der Waals surface area contributed by atoms with Gasteiger partial charge in [0.15, 0.2) is 0 Å². The number of carbonyl (C=O) groups excluding carboxylic acids is 2. The van der Waals surface area contributed by atoms with Gasteiger partial charge in [0.05, 0.1) is 11.5 Å². The number of hydrogen-bond donors (Lipinski definition) is 1. The third-order valence-corrected chi connectivity index (χ3v) is 6.93. The number of thioether (sulfide) groups is 1. The molecule has 2 aromatic carbocycles. The monoisotopic (exact) mass is 477 g/mol. The molecule has 9 heteroatoms. The lowest BCUT2D eigenvalue weighted by molar-refractivity contribution is -0.137. The molecule has 0 bridgehead atoms. The quantitative estimate of drug-likeness (QED) is 0.685. The van der Waals surface area contributed by atoms with E-state index in [1.807, 2.05) is 23.9 Å². The highest BCUT2D eigenvalue weighted by atomic mass is 32.2. The molecular formula is C24H26F3N3O2S. The molecule has 2 fully saturated rings. The van der Waals surface area contributed by atoms with Crippen LogP contribution in [0.4, 0.5) is 18.9 Å². The maximum Gasteiger partial charge on any atom is 0.416 e. The predicted octanol–water partition coefficient (Wildman–Crippen LogP) is 3.92. The number of nitrogens with one attached hydrogen (secondary N) is 1. The van der Waals surface area contributed by atoms with Gasteiger partial charge in [0.2, 0.25) is 11.8 Å². The van der Waals surface area contributed by atoms with Gasteiger partial charge < -0.3 is 15.1 Å². The highest BCUT2D eigenvalue weighted by Gasteiger charge is 2.35. The summed E-state index contributed by atoms with van der Waals surface area (Å²) in [6.45, 7) is 2.70. The molecule has 0 aromatic heterocycles. The number of nitrogens with zero attached hydrogens (tertiary/aromatic N) is 2. The fraction of sp³-hybridized carbons (Fsp3) is 0.417. The van der Waals surface area contributed by atoms with E-state index in [0.717, 1.165) is 42.3 Å². The van der Waals surface area contributed by atoms with Crippen molar-refractivity contribution in [1.29, 1.82) is 0 Å². The standard InChI is InChI=1S/C24H26F3N3O2S/c25-24(26,27)20-3-1-2-18(12-20)15-30-16-19(13-22(30)31)23(32)28-14-17-4-6-21(7-5-17)29-8-10-33-11-9-29/h1-7,12,19H,8-11,13-16H2,(H,28,32). The Bertz CT molecular complexity index is 991. The van der Waals surface area contributed by atoms with Gasteiger partial charge in [-0.3, -0.25) is 9.59 Å². The predicted molar refractivity (Wildman–Crippen MR) is 123 cm³/mol. The van der Waals surface area contributed by atoms with Gasteiger partial charge in [0.1, 0.15) is 0 Å². The molecule has 4 rings (SSSR count). The fourth-order valence-electron chi connectivity index (χ4n) is 4.15. The van der Waals surface area contributed by atoms with Crippen LogP contribution in [-0.4, -0.2) is 47.9 Å². The lowest BCUT2D eigenvalue weighted by Gasteiger charge is -2.28. The Morgan fingerprint density at radius 3 is 2.48 bits per heavy atom. The van der Waals surface area contributed by atoms with E-state index in [4.69, 9.17) is 0 Å². The summed E-state index contributed by atoms with van der Waals surface area (Å²) in [5.41, 5.74) is 1.80. The Kier molecular flexibility index (Phi) is 7.17. The fourth-order valence-corrected chi connectivity index (χ4v) is 5.05. The number of halogens is 3. The van der Waals surface area contributed by atoms with Gasteiger partial charge in [-0.05, 0) is 35.4 Å². The van der Waals surface area contributed by atoms with E-state index >= 15 is 0 Å². The van der Waals surface area contributed by atoms with Crippen molar-refractivity contribution >= 4 is 29.3 Å². The van der Waals surface area contributed by atoms with Gasteiger partial charge >= 0.3 is 6.18 Å². The number of alkyl halides is 3. The van der Waals surface area contributed by atoms with Crippen molar-refractivity contribution in [2.45, 2.75) is 25.7 Å². The summed E-state index contributed by atoms with van der Waals surface area (Å²) in [6.07, 6.45) is -4.37. The number of anilines is 1. The average Bonchev–Trinajstić information content (AvgIpc) is 3.18. The summed E-state index contributed by atoms with van der Waals surface area (Å²) in [5.74, 6) is 1.31. The first-order valence-electron chi connectivity index (χ1n) is 10.9. The maximum atomic E-state index is 12.9. The van der Waals surface area contributed by atoms with E-state index in [2.05, 4.69) is 22.3 Å². The largest absolute Gasteiger partial charge is 0.416 e. The second-order valence-electron chi connectivity index (χ2n) is 8.36. The Balaban J connectivity index is 1.28. The molecule has 2 aliphatic rings. The van der Waals surface area contributed by atoms with Crippen LogP contribution in [0, 0.1) is 5.92 Å². The molecule has 2 aromatic rings. The van der Waals surface area contributed by atoms with E-state index in [1.165, 1.54) is 16.7 Å². The molecule has 1 N–H and O–H groups in total.